The largest absolute Gasteiger partial charge is 0.344 e. The van der Waals surface area contributed by atoms with Crippen LogP contribution in [0, 0.1) is 29.1 Å². The molecule has 4 bridgehead atoms. The quantitative estimate of drug-likeness (QED) is 0.708. The van der Waals surface area contributed by atoms with Crippen molar-refractivity contribution < 1.29 is 14.4 Å². The van der Waals surface area contributed by atoms with Crippen molar-refractivity contribution in [2.75, 3.05) is 5.32 Å². The van der Waals surface area contributed by atoms with Crippen LogP contribution < -0.4 is 10.6 Å². The van der Waals surface area contributed by atoms with Gasteiger partial charge in [-0.05, 0) is 93.4 Å². The first-order valence-corrected chi connectivity index (χ1v) is 11.0. The lowest BCUT2D eigenvalue weighted by molar-refractivity contribution is -0.148. The number of hydrogen-bond acceptors (Lipinski definition) is 3. The molecule has 4 saturated carbocycles. The van der Waals surface area contributed by atoms with Crippen molar-refractivity contribution >= 4 is 23.3 Å². The van der Waals surface area contributed by atoms with Gasteiger partial charge >= 0.3 is 0 Å². The van der Waals surface area contributed by atoms with Crippen molar-refractivity contribution in [2.24, 2.45) is 29.1 Å². The lowest BCUT2D eigenvalue weighted by Crippen LogP contribution is -2.57. The number of anilines is 1. The Hall–Kier alpha value is -2.17. The summed E-state index contributed by atoms with van der Waals surface area (Å²) in [5, 5.41) is 6.02. The Labute approximate surface area is 173 Å². The van der Waals surface area contributed by atoms with Crippen LogP contribution in [0.15, 0.2) is 24.3 Å². The second kappa shape index (κ2) is 7.58. The van der Waals surface area contributed by atoms with Crippen molar-refractivity contribution in [3.05, 3.63) is 29.8 Å². The van der Waals surface area contributed by atoms with E-state index in [1.165, 1.54) is 26.2 Å². The maximum atomic E-state index is 13.4. The second-order valence-electron chi connectivity index (χ2n) is 10.0. The normalized spacial score (nSPS) is 30.8. The molecule has 5 heteroatoms. The first-order chi connectivity index (χ1) is 13.8. The molecular weight excluding hydrogens is 364 g/mol. The predicted molar refractivity (Wildman–Crippen MR) is 112 cm³/mol. The first-order valence-electron chi connectivity index (χ1n) is 11.0. The van der Waals surface area contributed by atoms with Gasteiger partial charge in [0.1, 0.15) is 6.04 Å². The Kier molecular flexibility index (Phi) is 5.26. The summed E-state index contributed by atoms with van der Waals surface area (Å²) in [6.07, 6.45) is 6.84. The lowest BCUT2D eigenvalue weighted by Gasteiger charge is -2.55. The van der Waals surface area contributed by atoms with Gasteiger partial charge in [-0.15, -0.1) is 0 Å². The Balaban J connectivity index is 1.44. The van der Waals surface area contributed by atoms with Gasteiger partial charge in [0.2, 0.25) is 11.8 Å². The van der Waals surface area contributed by atoms with Gasteiger partial charge < -0.3 is 10.6 Å². The fourth-order valence-electron chi connectivity index (χ4n) is 6.23. The zero-order valence-electron chi connectivity index (χ0n) is 17.7. The van der Waals surface area contributed by atoms with Crippen LogP contribution in [-0.2, 0) is 9.59 Å². The molecule has 1 unspecified atom stereocenters. The molecule has 1 atom stereocenters. The Bertz CT molecular complexity index is 777. The number of Topliss-reactive ketones (excluding diaryl/α,β-unsaturated/α-hetero) is 1. The van der Waals surface area contributed by atoms with E-state index in [1.807, 2.05) is 13.8 Å². The summed E-state index contributed by atoms with van der Waals surface area (Å²) in [4.78, 5) is 37.7. The fraction of sp³-hybridized carbons (Fsp3) is 0.625. The topological polar surface area (TPSA) is 75.3 Å². The van der Waals surface area contributed by atoms with E-state index in [0.29, 0.717) is 29.0 Å². The third-order valence-electron chi connectivity index (χ3n) is 7.31. The van der Waals surface area contributed by atoms with E-state index in [2.05, 4.69) is 10.6 Å². The van der Waals surface area contributed by atoms with Gasteiger partial charge in [-0.2, -0.15) is 0 Å². The van der Waals surface area contributed by atoms with E-state index < -0.39 is 6.04 Å². The van der Waals surface area contributed by atoms with Gasteiger partial charge in [0.05, 0.1) is 0 Å². The first kappa shape index (κ1) is 20.1. The Morgan fingerprint density at radius 1 is 0.931 bits per heavy atom. The number of hydrogen-bond donors (Lipinski definition) is 2. The van der Waals surface area contributed by atoms with Crippen LogP contribution in [0.25, 0.3) is 0 Å². The molecule has 0 spiro atoms. The summed E-state index contributed by atoms with van der Waals surface area (Å²) in [5.41, 5.74) is 0.985. The third-order valence-corrected chi connectivity index (χ3v) is 7.31. The summed E-state index contributed by atoms with van der Waals surface area (Å²) >= 11 is 0. The Morgan fingerprint density at radius 2 is 1.45 bits per heavy atom. The number of carbonyl (C=O) groups excluding carboxylic acids is 3. The van der Waals surface area contributed by atoms with Crippen LogP contribution in [0.2, 0.25) is 0 Å². The molecule has 4 aliphatic carbocycles. The summed E-state index contributed by atoms with van der Waals surface area (Å²) in [6, 6.07) is 6.30. The van der Waals surface area contributed by atoms with E-state index in [0.717, 1.165) is 19.3 Å². The number of rotatable bonds is 6. The molecule has 29 heavy (non-hydrogen) atoms. The van der Waals surface area contributed by atoms with Gasteiger partial charge in [0.25, 0.3) is 0 Å². The Morgan fingerprint density at radius 3 is 1.90 bits per heavy atom. The highest BCUT2D eigenvalue weighted by Gasteiger charge is 2.55. The summed E-state index contributed by atoms with van der Waals surface area (Å²) in [5.74, 6) is 1.94. The van der Waals surface area contributed by atoms with Crippen LogP contribution in [0.5, 0.6) is 0 Å². The molecule has 5 nitrogen and oxygen atoms in total. The molecule has 0 radical (unpaired) electrons. The molecule has 2 N–H and O–H groups in total. The molecule has 2 amide bonds. The fourth-order valence-corrected chi connectivity index (χ4v) is 6.23. The van der Waals surface area contributed by atoms with E-state index in [1.54, 1.807) is 24.3 Å². The van der Waals surface area contributed by atoms with Crippen LogP contribution >= 0.6 is 0 Å². The SMILES string of the molecule is CC(=O)c1ccc(NC(=O)C(NC(=O)C23CC4CC(CC(C4)C2)C3)C(C)C)cc1. The molecule has 1 aromatic rings. The molecule has 156 valence electrons. The van der Waals surface area contributed by atoms with Crippen LogP contribution in [0.3, 0.4) is 0 Å². The van der Waals surface area contributed by atoms with Crippen molar-refractivity contribution in [1.82, 2.24) is 5.32 Å². The third kappa shape index (κ3) is 3.96. The van der Waals surface area contributed by atoms with Crippen molar-refractivity contribution in [2.45, 2.75) is 65.3 Å². The second-order valence-corrected chi connectivity index (χ2v) is 10.0. The maximum Gasteiger partial charge on any atom is 0.247 e. The van der Waals surface area contributed by atoms with Crippen molar-refractivity contribution in [1.29, 1.82) is 0 Å². The molecule has 4 fully saturated rings. The van der Waals surface area contributed by atoms with Crippen LogP contribution in [0.4, 0.5) is 5.69 Å². The highest BCUT2D eigenvalue weighted by Crippen LogP contribution is 2.60. The predicted octanol–water partition coefficient (Wildman–Crippen LogP) is 4.18. The van der Waals surface area contributed by atoms with E-state index in [-0.39, 0.29) is 28.9 Å². The van der Waals surface area contributed by atoms with Gasteiger partial charge in [-0.1, -0.05) is 13.8 Å². The summed E-state index contributed by atoms with van der Waals surface area (Å²) in [6.45, 7) is 5.44. The molecular formula is C24H32N2O3. The average Bonchev–Trinajstić information content (AvgIpc) is 2.64. The summed E-state index contributed by atoms with van der Waals surface area (Å²) in [7, 11) is 0. The molecule has 0 saturated heterocycles. The minimum Gasteiger partial charge on any atom is -0.344 e. The number of ketones is 1. The number of amides is 2. The highest BCUT2D eigenvalue weighted by molar-refractivity contribution is 5.99. The van der Waals surface area contributed by atoms with Crippen LogP contribution in [-0.4, -0.2) is 23.6 Å². The maximum absolute atomic E-state index is 13.4. The van der Waals surface area contributed by atoms with E-state index in [9.17, 15) is 14.4 Å². The minimum absolute atomic E-state index is 0.00855. The van der Waals surface area contributed by atoms with Gasteiger partial charge in [-0.25, -0.2) is 0 Å². The molecule has 0 aromatic heterocycles. The van der Waals surface area contributed by atoms with Gasteiger partial charge in [0, 0.05) is 16.7 Å². The van der Waals surface area contributed by atoms with Crippen LogP contribution in [0.1, 0.15) is 69.7 Å². The van der Waals surface area contributed by atoms with Crippen molar-refractivity contribution in [3.8, 4) is 0 Å². The number of nitrogens with one attached hydrogen (secondary N) is 2. The zero-order chi connectivity index (χ0) is 20.8. The molecule has 4 aliphatic rings. The minimum atomic E-state index is -0.567. The zero-order valence-corrected chi connectivity index (χ0v) is 17.7. The smallest absolute Gasteiger partial charge is 0.247 e. The van der Waals surface area contributed by atoms with Gasteiger partial charge in [-0.3, -0.25) is 14.4 Å². The monoisotopic (exact) mass is 396 g/mol. The molecule has 0 aliphatic heterocycles. The number of carbonyl (C=O) groups is 3. The lowest BCUT2D eigenvalue weighted by atomic mass is 9.49. The van der Waals surface area contributed by atoms with Crippen molar-refractivity contribution in [3.63, 3.8) is 0 Å². The van der Waals surface area contributed by atoms with Gasteiger partial charge in [0.15, 0.2) is 5.78 Å². The average molecular weight is 397 g/mol. The summed E-state index contributed by atoms with van der Waals surface area (Å²) < 4.78 is 0. The molecule has 0 heterocycles. The van der Waals surface area contributed by atoms with E-state index >= 15 is 0 Å². The van der Waals surface area contributed by atoms with E-state index in [4.69, 9.17) is 0 Å². The highest BCUT2D eigenvalue weighted by atomic mass is 16.2. The molecule has 1 aromatic carbocycles. The number of benzene rings is 1. The standard InChI is InChI=1S/C24H32N2O3/c1-14(2)21(22(28)25-20-6-4-19(5-7-20)15(3)27)26-23(29)24-11-16-8-17(12-24)10-18(9-16)13-24/h4-7,14,16-18,21H,8-13H2,1-3H3,(H,25,28)(H,26,29). The molecule has 5 rings (SSSR count).